The van der Waals surface area contributed by atoms with E-state index in [2.05, 4.69) is 25.7 Å². The third-order valence-corrected chi connectivity index (χ3v) is 10.3. The molecule has 4 rings (SSSR count). The maximum atomic E-state index is 13.9. The van der Waals surface area contributed by atoms with E-state index in [1.165, 1.54) is 51.5 Å². The van der Waals surface area contributed by atoms with Crippen molar-refractivity contribution in [2.24, 2.45) is 40.9 Å². The van der Waals surface area contributed by atoms with Crippen LogP contribution in [-0.4, -0.2) is 41.9 Å². The molecule has 3 saturated carbocycles. The summed E-state index contributed by atoms with van der Waals surface area (Å²) >= 11 is 6.31. The summed E-state index contributed by atoms with van der Waals surface area (Å²) in [5, 5.41) is -0.287. The van der Waals surface area contributed by atoms with E-state index in [9.17, 15) is 9.18 Å². The first kappa shape index (κ1) is 24.0. The van der Waals surface area contributed by atoms with Crippen LogP contribution >= 0.6 is 11.6 Å². The average molecular weight is 454 g/mol. The van der Waals surface area contributed by atoms with Gasteiger partial charge in [0.15, 0.2) is 0 Å². The van der Waals surface area contributed by atoms with Gasteiger partial charge in [0.2, 0.25) is 0 Å². The van der Waals surface area contributed by atoms with Crippen LogP contribution in [0.2, 0.25) is 0 Å². The van der Waals surface area contributed by atoms with Crippen LogP contribution in [0.5, 0.6) is 0 Å². The Morgan fingerprint density at radius 1 is 0.968 bits per heavy atom. The molecule has 178 valence electrons. The average Bonchev–Trinajstić information content (AvgIpc) is 3.07. The molecule has 1 aliphatic heterocycles. The van der Waals surface area contributed by atoms with Gasteiger partial charge >= 0.3 is 0 Å². The predicted molar refractivity (Wildman–Crippen MR) is 127 cm³/mol. The Balaban J connectivity index is 1.35. The number of aldehydes is 1. The monoisotopic (exact) mass is 453 g/mol. The summed E-state index contributed by atoms with van der Waals surface area (Å²) in [6.07, 6.45) is 12.9. The quantitative estimate of drug-likeness (QED) is 0.333. The van der Waals surface area contributed by atoms with Gasteiger partial charge in [0.25, 0.3) is 0 Å². The molecule has 0 bridgehead atoms. The molecule has 4 aliphatic rings. The van der Waals surface area contributed by atoms with Crippen LogP contribution < -0.4 is 0 Å². The Bertz CT molecular complexity index is 599. The fourth-order valence-electron chi connectivity index (χ4n) is 7.85. The zero-order chi connectivity index (χ0) is 22.2. The van der Waals surface area contributed by atoms with Crippen molar-refractivity contribution in [2.45, 2.75) is 109 Å². The molecular weight excluding hydrogens is 409 g/mol. The highest BCUT2D eigenvalue weighted by atomic mass is 35.5. The smallest absolute Gasteiger partial charge is 0.120 e. The standard InChI is InChI=1S/C27H45ClFNO/c1-27(2,3)22-8-4-18(5-9-22)16-30-17-21(12-13-31)23-14-19(7-11-26(23)30)20-6-10-25(29)24(28)15-20/h13,18-26H,4-12,14-17H2,1-3H3. The van der Waals surface area contributed by atoms with E-state index in [0.717, 1.165) is 43.9 Å². The van der Waals surface area contributed by atoms with Gasteiger partial charge in [-0.3, -0.25) is 4.90 Å². The van der Waals surface area contributed by atoms with Gasteiger partial charge in [0.1, 0.15) is 12.5 Å². The van der Waals surface area contributed by atoms with Crippen molar-refractivity contribution in [2.75, 3.05) is 13.1 Å². The zero-order valence-electron chi connectivity index (χ0n) is 20.1. The number of fused-ring (bicyclic) bond motifs is 1. The lowest BCUT2D eigenvalue weighted by molar-refractivity contribution is -0.108. The normalized spacial score (nSPS) is 44.7. The number of carbonyl (C=O) groups is 1. The third-order valence-electron chi connectivity index (χ3n) is 9.81. The highest BCUT2D eigenvalue weighted by Gasteiger charge is 2.47. The van der Waals surface area contributed by atoms with Gasteiger partial charge in [-0.05, 0) is 105 Å². The molecule has 0 spiro atoms. The summed E-state index contributed by atoms with van der Waals surface area (Å²) in [5.41, 5.74) is 0.445. The maximum Gasteiger partial charge on any atom is 0.120 e. The molecule has 0 amide bonds. The van der Waals surface area contributed by atoms with Gasteiger partial charge < -0.3 is 4.79 Å². The van der Waals surface area contributed by atoms with Crippen molar-refractivity contribution in [1.82, 2.24) is 4.90 Å². The second-order valence-electron chi connectivity index (χ2n) is 12.6. The van der Waals surface area contributed by atoms with Gasteiger partial charge in [0.05, 0.1) is 5.38 Å². The molecule has 31 heavy (non-hydrogen) atoms. The number of hydrogen-bond donors (Lipinski definition) is 0. The minimum atomic E-state index is -0.813. The summed E-state index contributed by atoms with van der Waals surface area (Å²) in [6, 6.07) is 0.672. The van der Waals surface area contributed by atoms with E-state index < -0.39 is 6.17 Å². The fourth-order valence-corrected chi connectivity index (χ4v) is 8.20. The predicted octanol–water partition coefficient (Wildman–Crippen LogP) is 6.89. The fraction of sp³-hybridized carbons (Fsp3) is 0.963. The summed E-state index contributed by atoms with van der Waals surface area (Å²) in [5.74, 6) is 4.18. The molecule has 0 aromatic carbocycles. The summed E-state index contributed by atoms with van der Waals surface area (Å²) in [7, 11) is 0. The lowest BCUT2D eigenvalue weighted by Crippen LogP contribution is -2.42. The van der Waals surface area contributed by atoms with Crippen LogP contribution in [0.25, 0.3) is 0 Å². The minimum absolute atomic E-state index is 0.287. The lowest BCUT2D eigenvalue weighted by atomic mass is 9.66. The van der Waals surface area contributed by atoms with E-state index >= 15 is 0 Å². The van der Waals surface area contributed by atoms with Crippen molar-refractivity contribution in [3.05, 3.63) is 0 Å². The molecular formula is C27H45ClFNO. The zero-order valence-corrected chi connectivity index (χ0v) is 20.8. The van der Waals surface area contributed by atoms with E-state index in [-0.39, 0.29) is 5.38 Å². The summed E-state index contributed by atoms with van der Waals surface area (Å²) in [4.78, 5) is 14.2. The van der Waals surface area contributed by atoms with Crippen LogP contribution in [0, 0.1) is 40.9 Å². The van der Waals surface area contributed by atoms with Gasteiger partial charge in [-0.1, -0.05) is 20.8 Å². The lowest BCUT2D eigenvalue weighted by Gasteiger charge is -2.43. The second kappa shape index (κ2) is 10.00. The Hall–Kier alpha value is -0.150. The Labute approximate surface area is 195 Å². The number of nitrogens with zero attached hydrogens (tertiary/aromatic N) is 1. The molecule has 1 saturated heterocycles. The van der Waals surface area contributed by atoms with Gasteiger partial charge in [-0.25, -0.2) is 4.39 Å². The molecule has 0 aromatic heterocycles. The topological polar surface area (TPSA) is 20.3 Å². The molecule has 7 atom stereocenters. The maximum absolute atomic E-state index is 13.9. The Morgan fingerprint density at radius 2 is 1.65 bits per heavy atom. The molecule has 7 unspecified atom stereocenters. The first-order chi connectivity index (χ1) is 14.8. The van der Waals surface area contributed by atoms with Crippen molar-refractivity contribution >= 4 is 17.9 Å². The van der Waals surface area contributed by atoms with Gasteiger partial charge in [-0.2, -0.15) is 0 Å². The van der Waals surface area contributed by atoms with E-state index in [1.54, 1.807) is 0 Å². The summed E-state index contributed by atoms with van der Waals surface area (Å²) < 4.78 is 13.9. The van der Waals surface area contributed by atoms with Crippen molar-refractivity contribution in [1.29, 1.82) is 0 Å². The second-order valence-corrected chi connectivity index (χ2v) is 13.2. The van der Waals surface area contributed by atoms with Crippen LogP contribution in [0.1, 0.15) is 91.4 Å². The molecule has 2 nitrogen and oxygen atoms in total. The van der Waals surface area contributed by atoms with Crippen LogP contribution in [0.15, 0.2) is 0 Å². The third kappa shape index (κ3) is 5.51. The molecule has 3 aliphatic carbocycles. The van der Waals surface area contributed by atoms with E-state index in [1.807, 2.05) is 0 Å². The van der Waals surface area contributed by atoms with Crippen LogP contribution in [0.4, 0.5) is 4.39 Å². The highest BCUT2D eigenvalue weighted by Crippen LogP contribution is 2.49. The number of likely N-dealkylation sites (tertiary alicyclic amines) is 1. The van der Waals surface area contributed by atoms with Gasteiger partial charge in [-0.15, -0.1) is 11.6 Å². The molecule has 4 heteroatoms. The first-order valence-corrected chi connectivity index (χ1v) is 13.7. The molecule has 0 N–H and O–H groups in total. The summed E-state index contributed by atoms with van der Waals surface area (Å²) in [6.45, 7) is 9.57. The number of alkyl halides is 2. The highest BCUT2D eigenvalue weighted by molar-refractivity contribution is 6.21. The van der Waals surface area contributed by atoms with Crippen molar-refractivity contribution < 1.29 is 9.18 Å². The molecule has 0 radical (unpaired) electrons. The van der Waals surface area contributed by atoms with E-state index in [4.69, 9.17) is 11.6 Å². The van der Waals surface area contributed by atoms with Crippen molar-refractivity contribution in [3.8, 4) is 0 Å². The minimum Gasteiger partial charge on any atom is -0.303 e. The molecule has 1 heterocycles. The largest absolute Gasteiger partial charge is 0.303 e. The Kier molecular flexibility index (Phi) is 7.74. The Morgan fingerprint density at radius 3 is 2.29 bits per heavy atom. The van der Waals surface area contributed by atoms with E-state index in [0.29, 0.717) is 41.5 Å². The van der Waals surface area contributed by atoms with Gasteiger partial charge in [0, 0.05) is 25.6 Å². The van der Waals surface area contributed by atoms with Crippen molar-refractivity contribution in [3.63, 3.8) is 0 Å². The molecule has 0 aromatic rings. The number of halogens is 2. The number of hydrogen-bond acceptors (Lipinski definition) is 2. The molecule has 4 fully saturated rings. The first-order valence-electron chi connectivity index (χ1n) is 13.2. The SMILES string of the molecule is CC(C)(C)C1CCC(CN2CC(CC=O)C3CC(C4CCC(F)C(Cl)C4)CCC32)CC1. The number of rotatable bonds is 5. The number of carbonyl (C=O) groups excluding carboxylic acids is 1. The van der Waals surface area contributed by atoms with Crippen LogP contribution in [0.3, 0.4) is 0 Å². The van der Waals surface area contributed by atoms with Crippen LogP contribution in [-0.2, 0) is 4.79 Å².